The molecule has 1 atom stereocenters. The molecule has 178 valence electrons. The van der Waals surface area contributed by atoms with Gasteiger partial charge < -0.3 is 19.3 Å². The van der Waals surface area contributed by atoms with Crippen LogP contribution in [-0.2, 0) is 26.6 Å². The number of hydrogen-bond donors (Lipinski definition) is 2. The van der Waals surface area contributed by atoms with E-state index in [-0.39, 0.29) is 24.3 Å². The first-order valence-electron chi connectivity index (χ1n) is 11.2. The highest BCUT2D eigenvalue weighted by atomic mass is 16.5. The van der Waals surface area contributed by atoms with Crippen molar-refractivity contribution in [3.05, 3.63) is 86.6 Å². The smallest absolute Gasteiger partial charge is 0.329 e. The van der Waals surface area contributed by atoms with E-state index in [1.165, 1.54) is 10.1 Å². The topological polar surface area (TPSA) is 105 Å². The van der Waals surface area contributed by atoms with Gasteiger partial charge in [0.25, 0.3) is 5.56 Å². The van der Waals surface area contributed by atoms with Gasteiger partial charge >= 0.3 is 5.69 Å². The minimum atomic E-state index is -0.913. The van der Waals surface area contributed by atoms with E-state index in [4.69, 9.17) is 4.74 Å². The fourth-order valence-electron chi connectivity index (χ4n) is 3.89. The van der Waals surface area contributed by atoms with Gasteiger partial charge in [-0.15, -0.1) is 0 Å². The van der Waals surface area contributed by atoms with Crippen LogP contribution in [0.3, 0.4) is 0 Å². The van der Waals surface area contributed by atoms with E-state index in [1.807, 2.05) is 66.5 Å². The van der Waals surface area contributed by atoms with Crippen molar-refractivity contribution in [1.82, 2.24) is 19.1 Å². The van der Waals surface area contributed by atoms with Gasteiger partial charge in [-0.2, -0.15) is 4.98 Å². The number of ether oxygens (including phenoxy) is 1. The Morgan fingerprint density at radius 2 is 1.79 bits per heavy atom. The second-order valence-electron chi connectivity index (χ2n) is 8.32. The fourth-order valence-corrected chi connectivity index (χ4v) is 3.89. The van der Waals surface area contributed by atoms with Gasteiger partial charge in [-0.05, 0) is 29.7 Å². The minimum Gasteiger partial charge on any atom is -0.491 e. The molecule has 0 aliphatic carbocycles. The SMILES string of the molecule is CCc1ccc(OC[C@@H](O)Cn2c(N(C)Cc3ccccc3)nc3c2c(=O)[nH]c(=O)n3C)cc1. The molecule has 9 heteroatoms. The molecule has 0 saturated carbocycles. The van der Waals surface area contributed by atoms with Crippen LogP contribution in [0.1, 0.15) is 18.1 Å². The second kappa shape index (κ2) is 9.96. The average molecular weight is 464 g/mol. The predicted octanol–water partition coefficient (Wildman–Crippen LogP) is 2.06. The van der Waals surface area contributed by atoms with Gasteiger partial charge in [-0.25, -0.2) is 4.79 Å². The fraction of sp³-hybridized carbons (Fsp3) is 0.320. The Kier molecular flexibility index (Phi) is 6.83. The Labute approximate surface area is 196 Å². The number of aromatic amines is 1. The molecule has 0 fully saturated rings. The Balaban J connectivity index is 1.63. The molecule has 0 spiro atoms. The van der Waals surface area contributed by atoms with Crippen molar-refractivity contribution in [2.75, 3.05) is 18.6 Å². The number of nitrogens with zero attached hydrogens (tertiary/aromatic N) is 4. The maximum absolute atomic E-state index is 12.7. The number of aryl methyl sites for hydroxylation is 2. The summed E-state index contributed by atoms with van der Waals surface area (Å²) in [5.41, 5.74) is 1.65. The van der Waals surface area contributed by atoms with Crippen LogP contribution in [0.5, 0.6) is 5.75 Å². The first-order valence-corrected chi connectivity index (χ1v) is 11.2. The number of benzene rings is 2. The lowest BCUT2D eigenvalue weighted by atomic mass is 10.2. The molecule has 0 radical (unpaired) electrons. The van der Waals surface area contributed by atoms with Crippen molar-refractivity contribution < 1.29 is 9.84 Å². The van der Waals surface area contributed by atoms with Crippen LogP contribution >= 0.6 is 0 Å². The summed E-state index contributed by atoms with van der Waals surface area (Å²) in [5, 5.41) is 10.8. The Bertz CT molecular complexity index is 1370. The molecular weight excluding hydrogens is 434 g/mol. The van der Waals surface area contributed by atoms with E-state index in [0.717, 1.165) is 12.0 Å². The predicted molar refractivity (Wildman–Crippen MR) is 131 cm³/mol. The summed E-state index contributed by atoms with van der Waals surface area (Å²) in [7, 11) is 3.41. The molecular formula is C25H29N5O4. The number of aromatic nitrogens is 4. The third-order valence-electron chi connectivity index (χ3n) is 5.76. The van der Waals surface area contributed by atoms with E-state index in [2.05, 4.69) is 16.9 Å². The number of aliphatic hydroxyl groups is 1. The molecule has 0 bridgehead atoms. The lowest BCUT2D eigenvalue weighted by molar-refractivity contribution is 0.0936. The van der Waals surface area contributed by atoms with Crippen LogP contribution in [0.4, 0.5) is 5.95 Å². The lowest BCUT2D eigenvalue weighted by Crippen LogP contribution is -2.31. The molecule has 0 unspecified atom stereocenters. The summed E-state index contributed by atoms with van der Waals surface area (Å²) in [6.45, 7) is 2.72. The summed E-state index contributed by atoms with van der Waals surface area (Å²) in [4.78, 5) is 33.7. The monoisotopic (exact) mass is 463 g/mol. The van der Waals surface area contributed by atoms with Crippen molar-refractivity contribution in [2.24, 2.45) is 7.05 Å². The summed E-state index contributed by atoms with van der Waals surface area (Å²) >= 11 is 0. The Morgan fingerprint density at radius 3 is 2.47 bits per heavy atom. The van der Waals surface area contributed by atoms with Gasteiger partial charge in [-0.1, -0.05) is 49.4 Å². The van der Waals surface area contributed by atoms with Crippen molar-refractivity contribution in [3.8, 4) is 5.75 Å². The van der Waals surface area contributed by atoms with Gasteiger partial charge in [0, 0.05) is 20.6 Å². The summed E-state index contributed by atoms with van der Waals surface area (Å²) in [5.74, 6) is 1.13. The van der Waals surface area contributed by atoms with Crippen LogP contribution < -0.4 is 20.9 Å². The standard InChI is InChI=1S/C25H29N5O4/c1-4-17-10-12-20(13-11-17)34-16-19(31)15-30-21-22(29(3)25(33)27-23(21)32)26-24(30)28(2)14-18-8-6-5-7-9-18/h5-13,19,31H,4,14-16H2,1-3H3,(H,27,32,33)/t19-/m0/s1. The summed E-state index contributed by atoms with van der Waals surface area (Å²) in [6, 6.07) is 17.6. The zero-order valence-corrected chi connectivity index (χ0v) is 19.6. The van der Waals surface area contributed by atoms with Gasteiger partial charge in [-0.3, -0.25) is 14.3 Å². The number of fused-ring (bicyclic) bond motifs is 1. The van der Waals surface area contributed by atoms with Crippen LogP contribution in [0.15, 0.2) is 64.2 Å². The molecule has 2 aromatic heterocycles. The lowest BCUT2D eigenvalue weighted by Gasteiger charge is -2.21. The van der Waals surface area contributed by atoms with E-state index < -0.39 is 17.4 Å². The maximum atomic E-state index is 12.7. The summed E-state index contributed by atoms with van der Waals surface area (Å²) in [6.07, 6.45) is 0.0243. The molecule has 2 aromatic carbocycles. The molecule has 0 saturated heterocycles. The molecule has 0 amide bonds. The number of imidazole rings is 1. The third-order valence-corrected chi connectivity index (χ3v) is 5.76. The van der Waals surface area contributed by atoms with E-state index in [9.17, 15) is 14.7 Å². The molecule has 9 nitrogen and oxygen atoms in total. The Hall–Kier alpha value is -3.85. The number of H-pyrrole nitrogens is 1. The molecule has 0 aliphatic heterocycles. The third kappa shape index (κ3) is 4.89. The van der Waals surface area contributed by atoms with E-state index in [1.54, 1.807) is 11.6 Å². The van der Waals surface area contributed by atoms with Crippen molar-refractivity contribution in [1.29, 1.82) is 0 Å². The van der Waals surface area contributed by atoms with Crippen molar-refractivity contribution in [3.63, 3.8) is 0 Å². The average Bonchev–Trinajstić information content (AvgIpc) is 3.22. The number of hydrogen-bond acceptors (Lipinski definition) is 6. The highest BCUT2D eigenvalue weighted by Gasteiger charge is 2.22. The van der Waals surface area contributed by atoms with Crippen LogP contribution in [0.25, 0.3) is 11.2 Å². The number of aliphatic hydroxyl groups excluding tert-OH is 1. The molecule has 2 heterocycles. The minimum absolute atomic E-state index is 0.0383. The largest absolute Gasteiger partial charge is 0.491 e. The van der Waals surface area contributed by atoms with E-state index >= 15 is 0 Å². The molecule has 2 N–H and O–H groups in total. The van der Waals surface area contributed by atoms with Gasteiger partial charge in [0.2, 0.25) is 5.95 Å². The van der Waals surface area contributed by atoms with Crippen LogP contribution in [-0.4, -0.2) is 44.0 Å². The van der Waals surface area contributed by atoms with Crippen molar-refractivity contribution in [2.45, 2.75) is 32.5 Å². The van der Waals surface area contributed by atoms with Gasteiger partial charge in [0.1, 0.15) is 18.5 Å². The first kappa shape index (κ1) is 23.3. The molecule has 0 aliphatic rings. The molecule has 34 heavy (non-hydrogen) atoms. The second-order valence-corrected chi connectivity index (χ2v) is 8.32. The van der Waals surface area contributed by atoms with E-state index in [0.29, 0.717) is 18.2 Å². The van der Waals surface area contributed by atoms with Crippen LogP contribution in [0.2, 0.25) is 0 Å². The quantitative estimate of drug-likeness (QED) is 0.394. The summed E-state index contributed by atoms with van der Waals surface area (Å²) < 4.78 is 8.70. The molecule has 4 aromatic rings. The number of rotatable bonds is 9. The maximum Gasteiger partial charge on any atom is 0.329 e. The number of nitrogens with one attached hydrogen (secondary N) is 1. The normalized spacial score (nSPS) is 12.1. The zero-order valence-electron chi connectivity index (χ0n) is 19.6. The number of anilines is 1. The van der Waals surface area contributed by atoms with Gasteiger partial charge in [0.15, 0.2) is 11.2 Å². The Morgan fingerprint density at radius 1 is 1.09 bits per heavy atom. The zero-order chi connectivity index (χ0) is 24.2. The first-order chi connectivity index (χ1) is 16.4. The molecule has 4 rings (SSSR count). The van der Waals surface area contributed by atoms with Crippen LogP contribution in [0, 0.1) is 0 Å². The van der Waals surface area contributed by atoms with Crippen molar-refractivity contribution >= 4 is 17.1 Å². The highest BCUT2D eigenvalue weighted by molar-refractivity contribution is 5.74. The highest BCUT2D eigenvalue weighted by Crippen LogP contribution is 2.21. The van der Waals surface area contributed by atoms with Gasteiger partial charge in [0.05, 0.1) is 6.54 Å².